The summed E-state index contributed by atoms with van der Waals surface area (Å²) in [7, 11) is 3.20. The highest BCUT2D eigenvalue weighted by Crippen LogP contribution is 2.28. The SMILES string of the molecule is COc1cccc(-c2ccc(OC)nc2N)c1. The molecule has 0 fully saturated rings. The molecule has 0 aliphatic carbocycles. The second-order valence-corrected chi connectivity index (χ2v) is 3.52. The molecule has 0 saturated carbocycles. The second kappa shape index (κ2) is 4.74. The zero-order valence-electron chi connectivity index (χ0n) is 9.81. The van der Waals surface area contributed by atoms with Crippen molar-refractivity contribution in [3.05, 3.63) is 36.4 Å². The van der Waals surface area contributed by atoms with E-state index in [2.05, 4.69) is 4.98 Å². The number of aromatic nitrogens is 1. The summed E-state index contributed by atoms with van der Waals surface area (Å²) >= 11 is 0. The van der Waals surface area contributed by atoms with Gasteiger partial charge in [0.1, 0.15) is 11.6 Å². The third-order valence-corrected chi connectivity index (χ3v) is 2.49. The van der Waals surface area contributed by atoms with Crippen LogP contribution in [0, 0.1) is 0 Å². The third-order valence-electron chi connectivity index (χ3n) is 2.49. The Hall–Kier alpha value is -2.23. The molecule has 4 heteroatoms. The number of nitrogens with two attached hydrogens (primary N) is 1. The van der Waals surface area contributed by atoms with Crippen molar-refractivity contribution < 1.29 is 9.47 Å². The Morgan fingerprint density at radius 3 is 2.53 bits per heavy atom. The zero-order chi connectivity index (χ0) is 12.3. The van der Waals surface area contributed by atoms with Gasteiger partial charge in [-0.1, -0.05) is 12.1 Å². The summed E-state index contributed by atoms with van der Waals surface area (Å²) in [5.41, 5.74) is 7.72. The number of hydrogen-bond acceptors (Lipinski definition) is 4. The van der Waals surface area contributed by atoms with Crippen LogP contribution in [0.2, 0.25) is 0 Å². The maximum absolute atomic E-state index is 5.89. The van der Waals surface area contributed by atoms with Crippen molar-refractivity contribution in [3.63, 3.8) is 0 Å². The number of nitrogen functional groups attached to an aromatic ring is 1. The smallest absolute Gasteiger partial charge is 0.214 e. The van der Waals surface area contributed by atoms with E-state index in [1.54, 1.807) is 20.3 Å². The monoisotopic (exact) mass is 230 g/mol. The summed E-state index contributed by atoms with van der Waals surface area (Å²) in [6.07, 6.45) is 0. The first-order chi connectivity index (χ1) is 8.24. The lowest BCUT2D eigenvalue weighted by Crippen LogP contribution is -1.96. The van der Waals surface area contributed by atoms with Gasteiger partial charge in [0, 0.05) is 11.6 Å². The summed E-state index contributed by atoms with van der Waals surface area (Å²) < 4.78 is 10.2. The Morgan fingerprint density at radius 1 is 1.06 bits per heavy atom. The van der Waals surface area contributed by atoms with E-state index in [9.17, 15) is 0 Å². The lowest BCUT2D eigenvalue weighted by molar-refractivity contribution is 0.398. The van der Waals surface area contributed by atoms with Gasteiger partial charge in [-0.15, -0.1) is 0 Å². The van der Waals surface area contributed by atoms with Crippen LogP contribution in [0.4, 0.5) is 5.82 Å². The maximum Gasteiger partial charge on any atom is 0.214 e. The molecule has 0 aliphatic heterocycles. The molecule has 0 radical (unpaired) electrons. The number of benzene rings is 1. The molecule has 88 valence electrons. The van der Waals surface area contributed by atoms with Crippen molar-refractivity contribution in [3.8, 4) is 22.8 Å². The molecule has 0 unspecified atom stereocenters. The van der Waals surface area contributed by atoms with Gasteiger partial charge in [-0.2, -0.15) is 4.98 Å². The highest BCUT2D eigenvalue weighted by molar-refractivity contribution is 5.75. The first kappa shape index (κ1) is 11.3. The van der Waals surface area contributed by atoms with E-state index in [0.717, 1.165) is 16.9 Å². The molecule has 0 amide bonds. The van der Waals surface area contributed by atoms with Crippen molar-refractivity contribution in [2.75, 3.05) is 20.0 Å². The van der Waals surface area contributed by atoms with Crippen LogP contribution >= 0.6 is 0 Å². The van der Waals surface area contributed by atoms with Gasteiger partial charge in [0.05, 0.1) is 14.2 Å². The number of methoxy groups -OCH3 is 2. The Labute approximate surface area is 100 Å². The molecule has 1 heterocycles. The molecular weight excluding hydrogens is 216 g/mol. The van der Waals surface area contributed by atoms with E-state index < -0.39 is 0 Å². The molecule has 2 rings (SSSR count). The van der Waals surface area contributed by atoms with Crippen LogP contribution in [-0.2, 0) is 0 Å². The van der Waals surface area contributed by atoms with E-state index in [0.29, 0.717) is 11.7 Å². The van der Waals surface area contributed by atoms with Crippen LogP contribution in [0.25, 0.3) is 11.1 Å². The topological polar surface area (TPSA) is 57.4 Å². The Bertz CT molecular complexity index is 527. The third kappa shape index (κ3) is 2.30. The fraction of sp³-hybridized carbons (Fsp3) is 0.154. The fourth-order valence-electron chi connectivity index (χ4n) is 1.60. The number of ether oxygens (including phenoxy) is 2. The Morgan fingerprint density at radius 2 is 1.88 bits per heavy atom. The van der Waals surface area contributed by atoms with E-state index in [4.69, 9.17) is 15.2 Å². The number of pyridine rings is 1. The van der Waals surface area contributed by atoms with Gasteiger partial charge in [-0.25, -0.2) is 0 Å². The number of anilines is 1. The highest BCUT2D eigenvalue weighted by Gasteiger charge is 2.06. The van der Waals surface area contributed by atoms with Gasteiger partial charge in [-0.05, 0) is 23.8 Å². The molecule has 0 atom stereocenters. The Kier molecular flexibility index (Phi) is 3.14. The lowest BCUT2D eigenvalue weighted by Gasteiger charge is -2.08. The molecule has 2 N–H and O–H groups in total. The van der Waals surface area contributed by atoms with E-state index in [-0.39, 0.29) is 0 Å². The van der Waals surface area contributed by atoms with Crippen LogP contribution in [0.3, 0.4) is 0 Å². The van der Waals surface area contributed by atoms with E-state index >= 15 is 0 Å². The van der Waals surface area contributed by atoms with Gasteiger partial charge >= 0.3 is 0 Å². The van der Waals surface area contributed by atoms with Gasteiger partial charge in [0.2, 0.25) is 5.88 Å². The first-order valence-corrected chi connectivity index (χ1v) is 5.19. The van der Waals surface area contributed by atoms with Crippen molar-refractivity contribution >= 4 is 5.82 Å². The second-order valence-electron chi connectivity index (χ2n) is 3.52. The average molecular weight is 230 g/mol. The van der Waals surface area contributed by atoms with Gasteiger partial charge in [0.15, 0.2) is 0 Å². The van der Waals surface area contributed by atoms with Crippen molar-refractivity contribution in [2.24, 2.45) is 0 Å². The van der Waals surface area contributed by atoms with E-state index in [1.807, 2.05) is 30.3 Å². The fourth-order valence-corrected chi connectivity index (χ4v) is 1.60. The van der Waals surface area contributed by atoms with Crippen LogP contribution in [0.15, 0.2) is 36.4 Å². The molecular formula is C13H14N2O2. The minimum Gasteiger partial charge on any atom is -0.497 e. The van der Waals surface area contributed by atoms with Crippen LogP contribution in [-0.4, -0.2) is 19.2 Å². The minimum atomic E-state index is 0.442. The summed E-state index contributed by atoms with van der Waals surface area (Å²) in [4.78, 5) is 4.14. The zero-order valence-corrected chi connectivity index (χ0v) is 9.81. The summed E-state index contributed by atoms with van der Waals surface area (Å²) in [6, 6.07) is 11.3. The molecule has 4 nitrogen and oxygen atoms in total. The van der Waals surface area contributed by atoms with Crippen molar-refractivity contribution in [2.45, 2.75) is 0 Å². The molecule has 0 spiro atoms. The first-order valence-electron chi connectivity index (χ1n) is 5.19. The molecule has 2 aromatic rings. The summed E-state index contributed by atoms with van der Waals surface area (Å²) in [5.74, 6) is 1.74. The molecule has 17 heavy (non-hydrogen) atoms. The predicted molar refractivity (Wildman–Crippen MR) is 67.2 cm³/mol. The largest absolute Gasteiger partial charge is 0.497 e. The molecule has 0 aliphatic rings. The van der Waals surface area contributed by atoms with Gasteiger partial charge in [-0.3, -0.25) is 0 Å². The number of rotatable bonds is 3. The minimum absolute atomic E-state index is 0.442. The predicted octanol–water partition coefficient (Wildman–Crippen LogP) is 2.35. The number of nitrogens with zero attached hydrogens (tertiary/aromatic N) is 1. The molecule has 0 saturated heterocycles. The van der Waals surface area contributed by atoms with E-state index in [1.165, 1.54) is 0 Å². The normalized spacial score (nSPS) is 10.0. The van der Waals surface area contributed by atoms with Crippen LogP contribution in [0.1, 0.15) is 0 Å². The summed E-state index contributed by atoms with van der Waals surface area (Å²) in [6.45, 7) is 0. The molecule has 1 aromatic heterocycles. The maximum atomic E-state index is 5.89. The quantitative estimate of drug-likeness (QED) is 0.879. The van der Waals surface area contributed by atoms with Crippen molar-refractivity contribution in [1.82, 2.24) is 4.98 Å². The number of hydrogen-bond donors (Lipinski definition) is 1. The Balaban J connectivity index is 2.45. The summed E-state index contributed by atoms with van der Waals surface area (Å²) in [5, 5.41) is 0. The molecule has 0 bridgehead atoms. The van der Waals surface area contributed by atoms with Gasteiger partial charge < -0.3 is 15.2 Å². The lowest BCUT2D eigenvalue weighted by atomic mass is 10.1. The average Bonchev–Trinajstić information content (AvgIpc) is 2.38. The van der Waals surface area contributed by atoms with Gasteiger partial charge in [0.25, 0.3) is 0 Å². The molecule has 1 aromatic carbocycles. The van der Waals surface area contributed by atoms with Crippen molar-refractivity contribution in [1.29, 1.82) is 0 Å². The van der Waals surface area contributed by atoms with Crippen LogP contribution < -0.4 is 15.2 Å². The highest BCUT2D eigenvalue weighted by atomic mass is 16.5. The van der Waals surface area contributed by atoms with Crippen LogP contribution in [0.5, 0.6) is 11.6 Å². The standard InChI is InChI=1S/C13H14N2O2/c1-16-10-5-3-4-9(8-10)11-6-7-12(17-2)15-13(11)14/h3-8H,1-2H3,(H2,14,15).